The first-order valence-corrected chi connectivity index (χ1v) is 7.58. The Labute approximate surface area is 143 Å². The third kappa shape index (κ3) is 3.28. The SMILES string of the molecule is Cc1nn([C@@H](C)C(=O)Nc2c(F)cc(F)cc2Br)c(C)c1[N+](=O)[O-]. The van der Waals surface area contributed by atoms with E-state index >= 15 is 0 Å². The quantitative estimate of drug-likeness (QED) is 0.624. The Bertz CT molecular complexity index is 815. The number of anilines is 1. The number of hydrogen-bond donors (Lipinski definition) is 1. The van der Waals surface area contributed by atoms with Crippen LogP contribution >= 0.6 is 15.9 Å². The number of nitrogens with zero attached hydrogens (tertiary/aromatic N) is 3. The number of carbonyl (C=O) groups excluding carboxylic acids is 1. The van der Waals surface area contributed by atoms with Crippen molar-refractivity contribution in [3.05, 3.63) is 49.7 Å². The predicted molar refractivity (Wildman–Crippen MR) is 85.8 cm³/mol. The van der Waals surface area contributed by atoms with Crippen molar-refractivity contribution in [2.45, 2.75) is 26.8 Å². The van der Waals surface area contributed by atoms with Crippen LogP contribution in [-0.4, -0.2) is 20.6 Å². The fourth-order valence-corrected chi connectivity index (χ4v) is 2.80. The van der Waals surface area contributed by atoms with Crippen molar-refractivity contribution in [3.8, 4) is 0 Å². The van der Waals surface area contributed by atoms with Gasteiger partial charge in [-0.1, -0.05) is 0 Å². The standard InChI is InChI=1S/C14H13BrF2N4O3/c1-6-13(21(23)24)7(2)20(19-6)8(3)14(22)18-12-10(15)4-9(16)5-11(12)17/h4-5,8H,1-3H3,(H,18,22)/t8-/m0/s1. The van der Waals surface area contributed by atoms with Gasteiger partial charge in [0.15, 0.2) is 5.82 Å². The monoisotopic (exact) mass is 402 g/mol. The Hall–Kier alpha value is -2.36. The molecule has 1 aromatic heterocycles. The number of amides is 1. The Balaban J connectivity index is 2.32. The van der Waals surface area contributed by atoms with Crippen molar-refractivity contribution in [1.29, 1.82) is 0 Å². The summed E-state index contributed by atoms with van der Waals surface area (Å²) in [5.41, 5.74) is -0.0156. The van der Waals surface area contributed by atoms with Gasteiger partial charge in [-0.05, 0) is 42.8 Å². The van der Waals surface area contributed by atoms with E-state index in [1.807, 2.05) is 0 Å². The van der Waals surface area contributed by atoms with Crippen LogP contribution in [0.15, 0.2) is 16.6 Å². The van der Waals surface area contributed by atoms with Gasteiger partial charge < -0.3 is 5.32 Å². The summed E-state index contributed by atoms with van der Waals surface area (Å²) in [7, 11) is 0. The molecule has 1 atom stereocenters. The molecule has 24 heavy (non-hydrogen) atoms. The topological polar surface area (TPSA) is 90.1 Å². The first-order valence-electron chi connectivity index (χ1n) is 6.79. The van der Waals surface area contributed by atoms with Crippen molar-refractivity contribution in [3.63, 3.8) is 0 Å². The highest BCUT2D eigenvalue weighted by Gasteiger charge is 2.27. The third-order valence-electron chi connectivity index (χ3n) is 3.47. The second-order valence-electron chi connectivity index (χ2n) is 5.13. The molecule has 0 saturated heterocycles. The summed E-state index contributed by atoms with van der Waals surface area (Å²) in [5.74, 6) is -2.39. The van der Waals surface area contributed by atoms with E-state index in [2.05, 4.69) is 26.3 Å². The molecule has 0 bridgehead atoms. The number of nitro groups is 1. The van der Waals surface area contributed by atoms with Gasteiger partial charge in [-0.3, -0.25) is 19.6 Å². The summed E-state index contributed by atoms with van der Waals surface area (Å²) in [6, 6.07) is 0.713. The van der Waals surface area contributed by atoms with E-state index in [0.717, 1.165) is 6.07 Å². The van der Waals surface area contributed by atoms with Crippen LogP contribution in [0.5, 0.6) is 0 Å². The number of nitrogens with one attached hydrogen (secondary N) is 1. The zero-order valence-corrected chi connectivity index (χ0v) is 14.5. The normalized spacial score (nSPS) is 12.1. The highest BCUT2D eigenvalue weighted by molar-refractivity contribution is 9.10. The van der Waals surface area contributed by atoms with Crippen molar-refractivity contribution in [2.24, 2.45) is 0 Å². The maximum atomic E-state index is 13.8. The fourth-order valence-electron chi connectivity index (χ4n) is 2.30. The van der Waals surface area contributed by atoms with Crippen LogP contribution in [-0.2, 0) is 4.79 Å². The molecule has 7 nitrogen and oxygen atoms in total. The molecule has 1 amide bonds. The van der Waals surface area contributed by atoms with Gasteiger partial charge >= 0.3 is 5.69 Å². The molecule has 0 saturated carbocycles. The number of carbonyl (C=O) groups is 1. The first-order chi connectivity index (χ1) is 11.1. The maximum Gasteiger partial charge on any atom is 0.312 e. The number of aryl methyl sites for hydroxylation is 1. The third-order valence-corrected chi connectivity index (χ3v) is 4.10. The van der Waals surface area contributed by atoms with E-state index < -0.39 is 28.5 Å². The summed E-state index contributed by atoms with van der Waals surface area (Å²) >= 11 is 2.97. The fraction of sp³-hybridized carbons (Fsp3) is 0.286. The minimum atomic E-state index is -0.943. The van der Waals surface area contributed by atoms with Crippen LogP contribution in [0.2, 0.25) is 0 Å². The van der Waals surface area contributed by atoms with Crippen molar-refractivity contribution >= 4 is 33.2 Å². The molecule has 0 unspecified atom stereocenters. The van der Waals surface area contributed by atoms with Crippen LogP contribution in [0.1, 0.15) is 24.4 Å². The second-order valence-corrected chi connectivity index (χ2v) is 5.99. The minimum absolute atomic E-state index is 0.0416. The first kappa shape index (κ1) is 18.0. The maximum absolute atomic E-state index is 13.8. The zero-order chi connectivity index (χ0) is 18.2. The van der Waals surface area contributed by atoms with Gasteiger partial charge in [0.2, 0.25) is 5.91 Å². The van der Waals surface area contributed by atoms with E-state index in [0.29, 0.717) is 6.07 Å². The molecular weight excluding hydrogens is 390 g/mol. The molecule has 0 radical (unpaired) electrons. The molecule has 0 fully saturated rings. The van der Waals surface area contributed by atoms with Gasteiger partial charge in [-0.25, -0.2) is 8.78 Å². The molecule has 0 aliphatic rings. The smallest absolute Gasteiger partial charge is 0.312 e. The molecule has 1 heterocycles. The van der Waals surface area contributed by atoms with E-state index in [9.17, 15) is 23.7 Å². The zero-order valence-electron chi connectivity index (χ0n) is 12.9. The molecule has 2 aromatic rings. The van der Waals surface area contributed by atoms with Gasteiger partial charge in [-0.15, -0.1) is 0 Å². The Kier molecular flexibility index (Phi) is 4.97. The molecule has 1 aromatic carbocycles. The summed E-state index contributed by atoms with van der Waals surface area (Å²) in [6.45, 7) is 4.40. The van der Waals surface area contributed by atoms with Gasteiger partial charge in [0, 0.05) is 10.5 Å². The number of benzene rings is 1. The highest BCUT2D eigenvalue weighted by atomic mass is 79.9. The molecule has 0 aliphatic carbocycles. The minimum Gasteiger partial charge on any atom is -0.321 e. The predicted octanol–water partition coefficient (Wildman–Crippen LogP) is 3.65. The van der Waals surface area contributed by atoms with Crippen molar-refractivity contribution < 1.29 is 18.5 Å². The Morgan fingerprint density at radius 2 is 2.04 bits per heavy atom. The number of rotatable bonds is 4. The van der Waals surface area contributed by atoms with Crippen LogP contribution in [0.25, 0.3) is 0 Å². The largest absolute Gasteiger partial charge is 0.321 e. The number of hydrogen-bond acceptors (Lipinski definition) is 4. The van der Waals surface area contributed by atoms with Crippen LogP contribution in [0.4, 0.5) is 20.2 Å². The lowest BCUT2D eigenvalue weighted by atomic mass is 10.2. The number of halogens is 3. The molecular formula is C14H13BrF2N4O3. The lowest BCUT2D eigenvalue weighted by molar-refractivity contribution is -0.386. The molecule has 1 N–H and O–H groups in total. The van der Waals surface area contributed by atoms with Crippen LogP contribution < -0.4 is 5.32 Å². The lowest BCUT2D eigenvalue weighted by Gasteiger charge is -2.15. The van der Waals surface area contributed by atoms with E-state index in [-0.39, 0.29) is 27.2 Å². The van der Waals surface area contributed by atoms with Crippen LogP contribution in [0, 0.1) is 35.6 Å². The average Bonchev–Trinajstić information content (AvgIpc) is 2.76. The molecule has 0 spiro atoms. The average molecular weight is 403 g/mol. The summed E-state index contributed by atoms with van der Waals surface area (Å²) in [4.78, 5) is 22.8. The Morgan fingerprint density at radius 3 is 2.54 bits per heavy atom. The van der Waals surface area contributed by atoms with Gasteiger partial charge in [0.1, 0.15) is 23.2 Å². The summed E-state index contributed by atoms with van der Waals surface area (Å²) < 4.78 is 28.1. The highest BCUT2D eigenvalue weighted by Crippen LogP contribution is 2.29. The Morgan fingerprint density at radius 1 is 1.42 bits per heavy atom. The molecule has 10 heteroatoms. The molecule has 0 aliphatic heterocycles. The molecule has 2 rings (SSSR count). The number of aromatic nitrogens is 2. The van der Waals surface area contributed by atoms with E-state index in [4.69, 9.17) is 0 Å². The van der Waals surface area contributed by atoms with Gasteiger partial charge in [-0.2, -0.15) is 5.10 Å². The van der Waals surface area contributed by atoms with Gasteiger partial charge in [0.25, 0.3) is 0 Å². The summed E-state index contributed by atoms with van der Waals surface area (Å²) in [5, 5.41) is 17.4. The van der Waals surface area contributed by atoms with E-state index in [1.54, 1.807) is 0 Å². The van der Waals surface area contributed by atoms with E-state index in [1.165, 1.54) is 25.5 Å². The van der Waals surface area contributed by atoms with Crippen molar-refractivity contribution in [1.82, 2.24) is 9.78 Å². The van der Waals surface area contributed by atoms with Crippen LogP contribution in [0.3, 0.4) is 0 Å². The second kappa shape index (κ2) is 6.63. The molecule has 128 valence electrons. The lowest BCUT2D eigenvalue weighted by Crippen LogP contribution is -2.26. The van der Waals surface area contributed by atoms with Crippen molar-refractivity contribution in [2.75, 3.05) is 5.32 Å². The summed E-state index contributed by atoms with van der Waals surface area (Å²) in [6.07, 6.45) is 0. The van der Waals surface area contributed by atoms with Gasteiger partial charge in [0.05, 0.1) is 10.6 Å².